The van der Waals surface area contributed by atoms with Crippen LogP contribution in [0.5, 0.6) is 0 Å². The Morgan fingerprint density at radius 2 is 1.92 bits per heavy atom. The van der Waals surface area contributed by atoms with Gasteiger partial charge in [-0.2, -0.15) is 13.2 Å². The fourth-order valence-corrected chi connectivity index (χ4v) is 2.02. The van der Waals surface area contributed by atoms with Crippen LogP contribution in [0.15, 0.2) is 34.7 Å². The average molecular weight is 342 g/mol. The molecule has 2 rings (SSSR count). The van der Waals surface area contributed by atoms with Gasteiger partial charge in [-0.3, -0.25) is 4.79 Å². The Labute approximate surface area is 134 Å². The lowest BCUT2D eigenvalue weighted by Crippen LogP contribution is -2.43. The van der Waals surface area contributed by atoms with Crippen molar-refractivity contribution in [1.29, 1.82) is 0 Å². The van der Waals surface area contributed by atoms with Crippen LogP contribution in [0.25, 0.3) is 11.3 Å². The highest BCUT2D eigenvalue weighted by molar-refractivity contribution is 5.99. The maximum Gasteiger partial charge on any atom is 0.391 e. The molecule has 128 valence electrons. The number of hydrogen-bond donors (Lipinski definition) is 2. The lowest BCUT2D eigenvalue weighted by Gasteiger charge is -2.15. The van der Waals surface area contributed by atoms with Gasteiger partial charge in [-0.1, -0.05) is 30.3 Å². The number of hydrogen-bond acceptors (Lipinski definition) is 4. The van der Waals surface area contributed by atoms with Gasteiger partial charge < -0.3 is 14.8 Å². The molecule has 0 saturated carbocycles. The molecule has 0 aliphatic carbocycles. The number of carbonyl (C=O) groups is 2. The van der Waals surface area contributed by atoms with Crippen LogP contribution in [0.1, 0.15) is 22.8 Å². The summed E-state index contributed by atoms with van der Waals surface area (Å²) >= 11 is 0. The first kappa shape index (κ1) is 17.5. The van der Waals surface area contributed by atoms with E-state index in [0.717, 1.165) is 0 Å². The number of nitrogens with one attached hydrogen (secondary N) is 1. The summed E-state index contributed by atoms with van der Waals surface area (Å²) in [6, 6.07) is 6.23. The van der Waals surface area contributed by atoms with Gasteiger partial charge in [0.15, 0.2) is 17.3 Å². The molecule has 0 aliphatic rings. The molecule has 0 bridgehead atoms. The van der Waals surface area contributed by atoms with E-state index < -0.39 is 30.5 Å². The van der Waals surface area contributed by atoms with Crippen molar-refractivity contribution in [1.82, 2.24) is 10.3 Å². The second-order valence-corrected chi connectivity index (χ2v) is 4.96. The van der Waals surface area contributed by atoms with Crippen molar-refractivity contribution in [3.63, 3.8) is 0 Å². The number of halogens is 3. The molecule has 0 radical (unpaired) electrons. The summed E-state index contributed by atoms with van der Waals surface area (Å²) in [6.07, 6.45) is -6.43. The number of carboxylic acids is 1. The second kappa shape index (κ2) is 6.73. The Morgan fingerprint density at radius 1 is 1.29 bits per heavy atom. The molecular formula is C15H13F3N2O4. The number of nitrogens with zero attached hydrogens (tertiary/aromatic N) is 1. The number of oxazole rings is 1. The lowest BCUT2D eigenvalue weighted by molar-refractivity contribution is -0.157. The summed E-state index contributed by atoms with van der Waals surface area (Å²) in [7, 11) is 0. The number of carboxylic acid groups (broad SMARTS) is 1. The first-order valence-electron chi connectivity index (χ1n) is 6.80. The van der Waals surface area contributed by atoms with Crippen LogP contribution < -0.4 is 5.32 Å². The average Bonchev–Trinajstić information content (AvgIpc) is 2.88. The van der Waals surface area contributed by atoms with Gasteiger partial charge in [-0.25, -0.2) is 9.78 Å². The van der Waals surface area contributed by atoms with Crippen LogP contribution in [0.3, 0.4) is 0 Å². The van der Waals surface area contributed by atoms with Crippen molar-refractivity contribution < 1.29 is 32.3 Å². The number of benzene rings is 1. The monoisotopic (exact) mass is 342 g/mol. The fraction of sp³-hybridized carbons (Fsp3) is 0.267. The zero-order valence-corrected chi connectivity index (χ0v) is 12.4. The number of carbonyl (C=O) groups excluding carboxylic acids is 1. The Hall–Kier alpha value is -2.84. The van der Waals surface area contributed by atoms with E-state index in [4.69, 9.17) is 9.52 Å². The first-order chi connectivity index (χ1) is 11.2. The minimum absolute atomic E-state index is 0.0572. The third kappa shape index (κ3) is 4.34. The number of aryl methyl sites for hydroxylation is 1. The normalized spacial score (nSPS) is 12.7. The minimum atomic E-state index is -4.74. The van der Waals surface area contributed by atoms with Gasteiger partial charge >= 0.3 is 12.1 Å². The molecule has 1 atom stereocenters. The molecule has 1 amide bonds. The first-order valence-corrected chi connectivity index (χ1v) is 6.80. The third-order valence-electron chi connectivity index (χ3n) is 3.02. The van der Waals surface area contributed by atoms with E-state index in [-0.39, 0.29) is 17.3 Å². The van der Waals surface area contributed by atoms with E-state index in [1.54, 1.807) is 30.3 Å². The van der Waals surface area contributed by atoms with E-state index in [2.05, 4.69) is 4.98 Å². The summed E-state index contributed by atoms with van der Waals surface area (Å²) in [5.41, 5.74) is 0.220. The molecule has 1 aromatic carbocycles. The molecular weight excluding hydrogens is 329 g/mol. The molecule has 0 fully saturated rings. The number of rotatable bonds is 5. The lowest BCUT2D eigenvalue weighted by atomic mass is 10.1. The van der Waals surface area contributed by atoms with Crippen LogP contribution in [-0.2, 0) is 4.79 Å². The number of alkyl halides is 3. The Balaban J connectivity index is 2.28. The van der Waals surface area contributed by atoms with Gasteiger partial charge in [-0.05, 0) is 0 Å². The molecule has 2 N–H and O–H groups in total. The van der Waals surface area contributed by atoms with Gasteiger partial charge in [0.2, 0.25) is 0 Å². The summed E-state index contributed by atoms with van der Waals surface area (Å²) in [6.45, 7) is 1.47. The Morgan fingerprint density at radius 3 is 2.46 bits per heavy atom. The summed E-state index contributed by atoms with van der Waals surface area (Å²) in [5, 5.41) is 10.7. The van der Waals surface area contributed by atoms with E-state index >= 15 is 0 Å². The number of aliphatic carboxylic acids is 1. The van der Waals surface area contributed by atoms with Crippen molar-refractivity contribution in [2.24, 2.45) is 0 Å². The van der Waals surface area contributed by atoms with E-state index in [0.29, 0.717) is 5.56 Å². The Bertz CT molecular complexity index is 741. The maximum absolute atomic E-state index is 12.4. The summed E-state index contributed by atoms with van der Waals surface area (Å²) < 4.78 is 42.6. The summed E-state index contributed by atoms with van der Waals surface area (Å²) in [5.74, 6) is -2.66. The SMILES string of the molecule is Cc1nc(C(=O)NC(CC(F)(F)F)C(=O)O)c(-c2ccccc2)o1. The largest absolute Gasteiger partial charge is 0.480 e. The van der Waals surface area contributed by atoms with Gasteiger partial charge in [0.1, 0.15) is 6.04 Å². The van der Waals surface area contributed by atoms with E-state index in [1.165, 1.54) is 6.92 Å². The van der Waals surface area contributed by atoms with Gasteiger partial charge in [-0.15, -0.1) is 0 Å². The van der Waals surface area contributed by atoms with Gasteiger partial charge in [0.25, 0.3) is 5.91 Å². The van der Waals surface area contributed by atoms with Crippen LogP contribution in [0, 0.1) is 6.92 Å². The van der Waals surface area contributed by atoms with E-state index in [9.17, 15) is 22.8 Å². The van der Waals surface area contributed by atoms with Gasteiger partial charge in [0, 0.05) is 12.5 Å². The molecule has 6 nitrogen and oxygen atoms in total. The quantitative estimate of drug-likeness (QED) is 0.872. The van der Waals surface area contributed by atoms with Crippen molar-refractivity contribution >= 4 is 11.9 Å². The predicted octanol–water partition coefficient (Wildman–Crippen LogP) is 2.79. The van der Waals surface area contributed by atoms with Crippen molar-refractivity contribution in [3.8, 4) is 11.3 Å². The molecule has 0 spiro atoms. The second-order valence-electron chi connectivity index (χ2n) is 4.96. The number of amides is 1. The highest BCUT2D eigenvalue weighted by atomic mass is 19.4. The maximum atomic E-state index is 12.4. The molecule has 9 heteroatoms. The van der Waals surface area contributed by atoms with Crippen LogP contribution in [0.2, 0.25) is 0 Å². The van der Waals surface area contributed by atoms with Crippen molar-refractivity contribution in [3.05, 3.63) is 41.9 Å². The molecule has 1 aromatic heterocycles. The third-order valence-corrected chi connectivity index (χ3v) is 3.02. The Kier molecular flexibility index (Phi) is 4.91. The van der Waals surface area contributed by atoms with Crippen molar-refractivity contribution in [2.75, 3.05) is 0 Å². The number of aromatic nitrogens is 1. The predicted molar refractivity (Wildman–Crippen MR) is 76.2 cm³/mol. The fourth-order valence-electron chi connectivity index (χ4n) is 2.02. The minimum Gasteiger partial charge on any atom is -0.480 e. The zero-order valence-electron chi connectivity index (χ0n) is 12.4. The molecule has 1 unspecified atom stereocenters. The van der Waals surface area contributed by atoms with Gasteiger partial charge in [0.05, 0.1) is 6.42 Å². The topological polar surface area (TPSA) is 92.4 Å². The standard InChI is InChI=1S/C15H13F3N2O4/c1-8-19-11(12(24-8)9-5-3-2-4-6-9)13(21)20-10(14(22)23)7-15(16,17)18/h2-6,10H,7H2,1H3,(H,20,21)(H,22,23). The molecule has 0 aliphatic heterocycles. The highest BCUT2D eigenvalue weighted by Crippen LogP contribution is 2.26. The van der Waals surface area contributed by atoms with Crippen molar-refractivity contribution in [2.45, 2.75) is 25.6 Å². The highest BCUT2D eigenvalue weighted by Gasteiger charge is 2.37. The van der Waals surface area contributed by atoms with Crippen LogP contribution >= 0.6 is 0 Å². The molecule has 0 saturated heterocycles. The smallest absolute Gasteiger partial charge is 0.391 e. The van der Waals surface area contributed by atoms with Crippen LogP contribution in [0.4, 0.5) is 13.2 Å². The van der Waals surface area contributed by atoms with Crippen LogP contribution in [-0.4, -0.2) is 34.2 Å². The molecule has 1 heterocycles. The summed E-state index contributed by atoms with van der Waals surface area (Å²) in [4.78, 5) is 27.0. The zero-order chi connectivity index (χ0) is 17.9. The molecule has 24 heavy (non-hydrogen) atoms. The molecule has 2 aromatic rings. The van der Waals surface area contributed by atoms with E-state index in [1.807, 2.05) is 5.32 Å².